The highest BCUT2D eigenvalue weighted by molar-refractivity contribution is 6.05. The molecule has 0 atom stereocenters. The molecular weight excluding hydrogens is 433 g/mol. The molecule has 8 nitrogen and oxygen atoms in total. The molecule has 5 aromatic rings. The molecule has 0 radical (unpaired) electrons. The van der Waals surface area contributed by atoms with Gasteiger partial charge in [0.1, 0.15) is 0 Å². The van der Waals surface area contributed by atoms with E-state index >= 15 is 0 Å². The number of carbonyl (C=O) groups excluding carboxylic acids is 1. The number of aryl methyl sites for hydroxylation is 1. The van der Waals surface area contributed by atoms with E-state index < -0.39 is 5.82 Å². The van der Waals surface area contributed by atoms with Gasteiger partial charge in [0, 0.05) is 23.6 Å². The smallest absolute Gasteiger partial charge is 0.255 e. The van der Waals surface area contributed by atoms with E-state index in [0.717, 1.165) is 0 Å². The largest absolute Gasteiger partial charge is 0.397 e. The molecule has 0 saturated heterocycles. The fraction of sp³-hybridized carbons (Fsp3) is 0.0400. The van der Waals surface area contributed by atoms with E-state index in [-0.39, 0.29) is 11.6 Å². The summed E-state index contributed by atoms with van der Waals surface area (Å²) in [6, 6.07) is 18.7. The monoisotopic (exact) mass is 453 g/mol. The molecule has 2 aromatic carbocycles. The molecule has 0 aliphatic carbocycles. The van der Waals surface area contributed by atoms with Gasteiger partial charge < -0.3 is 16.4 Å². The molecular formula is C25H20FN7O. The molecule has 34 heavy (non-hydrogen) atoms. The highest BCUT2D eigenvalue weighted by atomic mass is 19.1. The van der Waals surface area contributed by atoms with Crippen molar-refractivity contribution >= 4 is 34.6 Å². The summed E-state index contributed by atoms with van der Waals surface area (Å²) >= 11 is 0. The molecule has 3 aromatic heterocycles. The summed E-state index contributed by atoms with van der Waals surface area (Å²) in [5, 5.41) is 5.93. The van der Waals surface area contributed by atoms with Crippen LogP contribution in [0.5, 0.6) is 0 Å². The third-order valence-electron chi connectivity index (χ3n) is 5.29. The second-order valence-electron chi connectivity index (χ2n) is 7.60. The Kier molecular flexibility index (Phi) is 5.35. The number of carbonyl (C=O) groups is 1. The topological polar surface area (TPSA) is 110 Å². The fourth-order valence-corrected chi connectivity index (χ4v) is 3.65. The van der Waals surface area contributed by atoms with Crippen LogP contribution in [0.25, 0.3) is 17.0 Å². The van der Waals surface area contributed by atoms with Crippen LogP contribution in [0.1, 0.15) is 16.1 Å². The van der Waals surface area contributed by atoms with Gasteiger partial charge in [0.15, 0.2) is 11.5 Å². The van der Waals surface area contributed by atoms with Crippen LogP contribution in [-0.2, 0) is 0 Å². The lowest BCUT2D eigenvalue weighted by Gasteiger charge is -2.10. The van der Waals surface area contributed by atoms with E-state index in [1.807, 2.05) is 6.92 Å². The number of halogens is 1. The van der Waals surface area contributed by atoms with Crippen LogP contribution in [0.2, 0.25) is 0 Å². The Hall–Kier alpha value is -4.79. The predicted octanol–water partition coefficient (Wildman–Crippen LogP) is 4.82. The van der Waals surface area contributed by atoms with E-state index in [4.69, 9.17) is 5.73 Å². The summed E-state index contributed by atoms with van der Waals surface area (Å²) in [7, 11) is 0. The van der Waals surface area contributed by atoms with Crippen molar-refractivity contribution in [1.82, 2.24) is 19.4 Å². The van der Waals surface area contributed by atoms with Crippen LogP contribution < -0.4 is 16.4 Å². The summed E-state index contributed by atoms with van der Waals surface area (Å²) in [5.74, 6) is -0.307. The second kappa shape index (κ2) is 8.62. The number of nitrogens with zero attached hydrogens (tertiary/aromatic N) is 4. The first-order valence-corrected chi connectivity index (χ1v) is 10.5. The van der Waals surface area contributed by atoms with Gasteiger partial charge in [-0.2, -0.15) is 0 Å². The molecule has 1 amide bonds. The number of nitrogens with one attached hydrogen (secondary N) is 2. The molecule has 0 bridgehead atoms. The summed E-state index contributed by atoms with van der Waals surface area (Å²) in [5.41, 5.74) is 10.3. The van der Waals surface area contributed by atoms with Gasteiger partial charge in [-0.3, -0.25) is 9.20 Å². The van der Waals surface area contributed by atoms with Crippen LogP contribution in [0, 0.1) is 12.7 Å². The van der Waals surface area contributed by atoms with Gasteiger partial charge in [-0.05, 0) is 61.5 Å². The van der Waals surface area contributed by atoms with Crippen molar-refractivity contribution in [3.8, 4) is 11.4 Å². The molecule has 0 aliphatic heterocycles. The highest BCUT2D eigenvalue weighted by Crippen LogP contribution is 2.25. The number of benzene rings is 2. The van der Waals surface area contributed by atoms with Gasteiger partial charge in [-0.25, -0.2) is 19.3 Å². The maximum atomic E-state index is 14.1. The summed E-state index contributed by atoms with van der Waals surface area (Å²) in [4.78, 5) is 25.7. The highest BCUT2D eigenvalue weighted by Gasteiger charge is 2.15. The summed E-state index contributed by atoms with van der Waals surface area (Å²) in [6.07, 6.45) is 3.37. The minimum Gasteiger partial charge on any atom is -0.397 e. The van der Waals surface area contributed by atoms with Gasteiger partial charge in [0.05, 0.1) is 28.5 Å². The van der Waals surface area contributed by atoms with Crippen molar-refractivity contribution in [2.45, 2.75) is 6.92 Å². The van der Waals surface area contributed by atoms with E-state index in [2.05, 4.69) is 25.6 Å². The Balaban J connectivity index is 1.36. The number of para-hydroxylation sites is 2. The van der Waals surface area contributed by atoms with Crippen molar-refractivity contribution in [1.29, 1.82) is 0 Å². The van der Waals surface area contributed by atoms with Crippen molar-refractivity contribution in [3.05, 3.63) is 96.2 Å². The molecule has 0 saturated carbocycles. The van der Waals surface area contributed by atoms with Crippen LogP contribution in [0.4, 0.5) is 27.4 Å². The SMILES string of the molecule is Cc1nc2c(F)cccn2c1-c1ccnc(Nc2ccc(C(=O)Nc3ccccc3N)cc2)n1. The van der Waals surface area contributed by atoms with Crippen LogP contribution >= 0.6 is 0 Å². The molecule has 9 heteroatoms. The van der Waals surface area contributed by atoms with Crippen LogP contribution in [-0.4, -0.2) is 25.3 Å². The maximum absolute atomic E-state index is 14.1. The summed E-state index contributed by atoms with van der Waals surface area (Å²) in [6.45, 7) is 1.81. The van der Waals surface area contributed by atoms with Gasteiger partial charge in [-0.1, -0.05) is 12.1 Å². The molecule has 0 aliphatic rings. The minimum absolute atomic E-state index is 0.245. The number of nitrogens with two attached hydrogens (primary N) is 1. The molecule has 0 fully saturated rings. The number of hydrogen-bond donors (Lipinski definition) is 3. The van der Waals surface area contributed by atoms with Crippen LogP contribution in [0.3, 0.4) is 0 Å². The number of rotatable bonds is 5. The first-order valence-electron chi connectivity index (χ1n) is 10.5. The normalized spacial score (nSPS) is 10.9. The number of amides is 1. The Morgan fingerprint density at radius 3 is 2.59 bits per heavy atom. The summed E-state index contributed by atoms with van der Waals surface area (Å²) < 4.78 is 15.8. The Labute approximate surface area is 194 Å². The lowest BCUT2D eigenvalue weighted by Crippen LogP contribution is -2.13. The van der Waals surface area contributed by atoms with Crippen molar-refractivity contribution in [2.24, 2.45) is 0 Å². The number of nitrogen functional groups attached to an aromatic ring is 1. The van der Waals surface area contributed by atoms with E-state index in [9.17, 15) is 9.18 Å². The fourth-order valence-electron chi connectivity index (χ4n) is 3.65. The molecule has 3 heterocycles. The first kappa shape index (κ1) is 21.1. The maximum Gasteiger partial charge on any atom is 0.255 e. The number of anilines is 4. The molecule has 0 unspecified atom stereocenters. The zero-order valence-corrected chi connectivity index (χ0v) is 18.2. The minimum atomic E-state index is -0.400. The van der Waals surface area contributed by atoms with E-state index in [1.54, 1.807) is 77.5 Å². The van der Waals surface area contributed by atoms with Gasteiger partial charge in [0.25, 0.3) is 5.91 Å². The average Bonchev–Trinajstić information content (AvgIpc) is 3.18. The Bertz CT molecular complexity index is 1510. The van der Waals surface area contributed by atoms with Gasteiger partial charge >= 0.3 is 0 Å². The predicted molar refractivity (Wildman–Crippen MR) is 129 cm³/mol. The van der Waals surface area contributed by atoms with Crippen molar-refractivity contribution < 1.29 is 9.18 Å². The average molecular weight is 453 g/mol. The lowest BCUT2D eigenvalue weighted by molar-refractivity contribution is 0.102. The third kappa shape index (κ3) is 4.02. The number of pyridine rings is 1. The molecule has 5 rings (SSSR count). The molecule has 4 N–H and O–H groups in total. The number of imidazole rings is 1. The van der Waals surface area contributed by atoms with E-state index in [1.165, 1.54) is 6.07 Å². The molecule has 168 valence electrons. The number of fused-ring (bicyclic) bond motifs is 1. The van der Waals surface area contributed by atoms with E-state index in [0.29, 0.717) is 45.7 Å². The standard InChI is InChI=1S/C25H20FN7O/c1-15-22(33-14-4-5-18(26)23(33)29-15)21-12-13-28-25(32-21)30-17-10-8-16(9-11-17)24(34)31-20-7-3-2-6-19(20)27/h2-14H,27H2,1H3,(H,31,34)(H,28,30,32). The number of aromatic nitrogens is 4. The van der Waals surface area contributed by atoms with Crippen molar-refractivity contribution in [2.75, 3.05) is 16.4 Å². The Morgan fingerprint density at radius 2 is 1.79 bits per heavy atom. The third-order valence-corrected chi connectivity index (χ3v) is 5.29. The first-order chi connectivity index (χ1) is 16.5. The van der Waals surface area contributed by atoms with Gasteiger partial charge in [0.2, 0.25) is 5.95 Å². The second-order valence-corrected chi connectivity index (χ2v) is 7.60. The van der Waals surface area contributed by atoms with Gasteiger partial charge in [-0.15, -0.1) is 0 Å². The quantitative estimate of drug-likeness (QED) is 0.329. The zero-order valence-electron chi connectivity index (χ0n) is 18.2. The lowest BCUT2D eigenvalue weighted by atomic mass is 10.2. The molecule has 0 spiro atoms. The Morgan fingerprint density at radius 1 is 1.00 bits per heavy atom. The van der Waals surface area contributed by atoms with Crippen LogP contribution in [0.15, 0.2) is 79.1 Å². The number of hydrogen-bond acceptors (Lipinski definition) is 6. The van der Waals surface area contributed by atoms with Crippen molar-refractivity contribution in [3.63, 3.8) is 0 Å². The zero-order chi connectivity index (χ0) is 23.7.